The Kier molecular flexibility index (Phi) is 12.6. The second-order valence-corrected chi connectivity index (χ2v) is 12.8. The van der Waals surface area contributed by atoms with Gasteiger partial charge < -0.3 is 24.6 Å². The van der Waals surface area contributed by atoms with E-state index in [2.05, 4.69) is 11.4 Å². The number of ether oxygens (including phenoxy) is 2. The fraction of sp³-hybridized carbons (Fsp3) is 0.543. The summed E-state index contributed by atoms with van der Waals surface area (Å²) in [4.78, 5) is 57.9. The van der Waals surface area contributed by atoms with Crippen LogP contribution in [0.5, 0.6) is 0 Å². The Bertz CT molecular complexity index is 1310. The number of nitrogens with zero attached hydrogens (tertiary/aromatic N) is 3. The normalized spacial score (nSPS) is 16.4. The number of carbonyl (C=O) groups excluding carboxylic acids is 4. The van der Waals surface area contributed by atoms with Crippen molar-refractivity contribution in [1.82, 2.24) is 20.0 Å². The molecule has 0 saturated heterocycles. The van der Waals surface area contributed by atoms with E-state index in [1.54, 1.807) is 41.8 Å². The summed E-state index contributed by atoms with van der Waals surface area (Å²) in [6.07, 6.45) is 2.39. The van der Waals surface area contributed by atoms with Gasteiger partial charge in [-0.15, -0.1) is 0 Å². The van der Waals surface area contributed by atoms with E-state index in [-0.39, 0.29) is 25.2 Å². The Labute approximate surface area is 268 Å². The fourth-order valence-corrected chi connectivity index (χ4v) is 5.51. The minimum absolute atomic E-state index is 0.0246. The van der Waals surface area contributed by atoms with E-state index in [4.69, 9.17) is 9.47 Å². The van der Waals surface area contributed by atoms with Crippen molar-refractivity contribution >= 4 is 23.8 Å². The largest absolute Gasteiger partial charge is 0.444 e. The molecule has 4 amide bonds. The van der Waals surface area contributed by atoms with Crippen molar-refractivity contribution in [3.8, 4) is 0 Å². The first-order valence-corrected chi connectivity index (χ1v) is 15.7. The van der Waals surface area contributed by atoms with Crippen LogP contribution < -0.4 is 5.32 Å². The predicted octanol–water partition coefficient (Wildman–Crippen LogP) is 4.72. The molecule has 45 heavy (non-hydrogen) atoms. The molecule has 2 aromatic rings. The summed E-state index contributed by atoms with van der Waals surface area (Å²) in [7, 11) is 4.61. The SMILES string of the molecule is CCC(C(=O)N(C)C(COCc1ccccc1)C(=O)NC1CCCc2ccccc21)N(C)C(=O)C(C)N(C)C(=O)OC(C)(C)C. The van der Waals surface area contributed by atoms with Crippen LogP contribution in [0.1, 0.15) is 76.6 Å². The van der Waals surface area contributed by atoms with Gasteiger partial charge in [-0.2, -0.15) is 0 Å². The molecule has 3 rings (SSSR count). The number of likely N-dealkylation sites (N-methyl/N-ethyl adjacent to an activating group) is 3. The van der Waals surface area contributed by atoms with Crippen molar-refractivity contribution in [3.63, 3.8) is 0 Å². The van der Waals surface area contributed by atoms with Gasteiger partial charge >= 0.3 is 6.09 Å². The topological polar surface area (TPSA) is 108 Å². The number of rotatable bonds is 12. The molecule has 0 heterocycles. The highest BCUT2D eigenvalue weighted by Gasteiger charge is 2.37. The summed E-state index contributed by atoms with van der Waals surface area (Å²) in [6, 6.07) is 14.9. The van der Waals surface area contributed by atoms with Gasteiger partial charge in [-0.3, -0.25) is 19.3 Å². The van der Waals surface area contributed by atoms with Crippen LogP contribution in [0.4, 0.5) is 4.79 Å². The molecule has 246 valence electrons. The zero-order chi connectivity index (χ0) is 33.3. The number of aryl methyl sites for hydroxylation is 1. The Hall–Kier alpha value is -3.92. The monoisotopic (exact) mass is 622 g/mol. The number of carbonyl (C=O) groups is 4. The molecule has 2 aromatic carbocycles. The van der Waals surface area contributed by atoms with E-state index in [1.807, 2.05) is 55.5 Å². The maximum absolute atomic E-state index is 14.0. The van der Waals surface area contributed by atoms with Crippen LogP contribution in [0.2, 0.25) is 0 Å². The first-order chi connectivity index (χ1) is 21.2. The maximum Gasteiger partial charge on any atom is 0.410 e. The predicted molar refractivity (Wildman–Crippen MR) is 173 cm³/mol. The van der Waals surface area contributed by atoms with Gasteiger partial charge in [0.15, 0.2) is 0 Å². The van der Waals surface area contributed by atoms with Gasteiger partial charge in [0.2, 0.25) is 17.7 Å². The van der Waals surface area contributed by atoms with E-state index >= 15 is 0 Å². The van der Waals surface area contributed by atoms with Gasteiger partial charge in [0, 0.05) is 21.1 Å². The van der Waals surface area contributed by atoms with E-state index in [0.29, 0.717) is 6.42 Å². The Morgan fingerprint density at radius 3 is 2.16 bits per heavy atom. The summed E-state index contributed by atoms with van der Waals surface area (Å²) in [6.45, 7) is 8.92. The molecule has 10 nitrogen and oxygen atoms in total. The summed E-state index contributed by atoms with van der Waals surface area (Å²) >= 11 is 0. The third-order valence-electron chi connectivity index (χ3n) is 8.30. The highest BCUT2D eigenvalue weighted by Crippen LogP contribution is 2.29. The zero-order valence-electron chi connectivity index (χ0n) is 28.0. The summed E-state index contributed by atoms with van der Waals surface area (Å²) < 4.78 is 11.4. The van der Waals surface area contributed by atoms with Crippen molar-refractivity contribution in [2.24, 2.45) is 0 Å². The molecule has 1 aliphatic rings. The minimum Gasteiger partial charge on any atom is -0.444 e. The molecule has 0 aromatic heterocycles. The molecule has 0 spiro atoms. The minimum atomic E-state index is -0.935. The number of amides is 4. The molecule has 0 bridgehead atoms. The first-order valence-electron chi connectivity index (χ1n) is 15.7. The highest BCUT2D eigenvalue weighted by molar-refractivity contribution is 5.93. The van der Waals surface area contributed by atoms with Gasteiger partial charge in [0.05, 0.1) is 19.3 Å². The Balaban J connectivity index is 1.78. The van der Waals surface area contributed by atoms with Gasteiger partial charge in [-0.25, -0.2) is 4.79 Å². The van der Waals surface area contributed by atoms with Gasteiger partial charge in [0.25, 0.3) is 0 Å². The van der Waals surface area contributed by atoms with E-state index < -0.39 is 41.6 Å². The van der Waals surface area contributed by atoms with Crippen LogP contribution >= 0.6 is 0 Å². The second kappa shape index (κ2) is 15.9. The molecule has 4 atom stereocenters. The van der Waals surface area contributed by atoms with Crippen molar-refractivity contribution < 1.29 is 28.7 Å². The summed E-state index contributed by atoms with van der Waals surface area (Å²) in [5.74, 6) is -1.13. The molecule has 1 aliphatic carbocycles. The van der Waals surface area contributed by atoms with Crippen molar-refractivity contribution in [2.45, 2.75) is 96.7 Å². The zero-order valence-corrected chi connectivity index (χ0v) is 28.0. The van der Waals surface area contributed by atoms with Crippen LogP contribution in [0, 0.1) is 0 Å². The Morgan fingerprint density at radius 1 is 0.889 bits per heavy atom. The Morgan fingerprint density at radius 2 is 1.51 bits per heavy atom. The van der Waals surface area contributed by atoms with Crippen LogP contribution in [0.25, 0.3) is 0 Å². The number of benzene rings is 2. The van der Waals surface area contributed by atoms with Crippen molar-refractivity contribution in [1.29, 1.82) is 0 Å². The van der Waals surface area contributed by atoms with Crippen LogP contribution in [0.3, 0.4) is 0 Å². The average molecular weight is 623 g/mol. The van der Waals surface area contributed by atoms with Crippen LogP contribution in [-0.4, -0.2) is 90.0 Å². The third-order valence-corrected chi connectivity index (χ3v) is 8.30. The highest BCUT2D eigenvalue weighted by atomic mass is 16.6. The molecule has 0 fully saturated rings. The molecule has 0 saturated carbocycles. The van der Waals surface area contributed by atoms with Gasteiger partial charge in [-0.05, 0) is 70.1 Å². The van der Waals surface area contributed by atoms with Gasteiger partial charge in [-0.1, -0.05) is 61.5 Å². The molecular formula is C35H50N4O6. The second-order valence-electron chi connectivity index (χ2n) is 12.8. The van der Waals surface area contributed by atoms with E-state index in [9.17, 15) is 19.2 Å². The molecule has 10 heteroatoms. The molecular weight excluding hydrogens is 572 g/mol. The molecule has 1 N–H and O–H groups in total. The number of fused-ring (bicyclic) bond motifs is 1. The smallest absolute Gasteiger partial charge is 0.410 e. The van der Waals surface area contributed by atoms with Crippen molar-refractivity contribution in [2.75, 3.05) is 27.7 Å². The molecule has 0 radical (unpaired) electrons. The lowest BCUT2D eigenvalue weighted by Gasteiger charge is -2.37. The van der Waals surface area contributed by atoms with Crippen LogP contribution in [-0.2, 0) is 36.9 Å². The maximum atomic E-state index is 14.0. The lowest BCUT2D eigenvalue weighted by Crippen LogP contribution is -2.58. The summed E-state index contributed by atoms with van der Waals surface area (Å²) in [5.41, 5.74) is 2.54. The van der Waals surface area contributed by atoms with Gasteiger partial charge in [0.1, 0.15) is 23.7 Å². The molecule has 4 unspecified atom stereocenters. The number of hydrogen-bond donors (Lipinski definition) is 1. The lowest BCUT2D eigenvalue weighted by molar-refractivity contribution is -0.150. The quantitative estimate of drug-likeness (QED) is 0.367. The van der Waals surface area contributed by atoms with Crippen LogP contribution in [0.15, 0.2) is 54.6 Å². The third kappa shape index (κ3) is 9.53. The average Bonchev–Trinajstić information content (AvgIpc) is 3.01. The standard InChI is InChI=1S/C35H50N4O6/c1-9-29(38(7)32(41)24(2)37(6)34(43)45-35(3,4)5)33(42)39(8)30(23-44-22-25-16-11-10-12-17-25)31(40)36-28-21-15-19-26-18-13-14-20-27(26)28/h10-14,16-18,20,24,28-30H,9,15,19,21-23H2,1-8H3,(H,36,40). The van der Waals surface area contributed by atoms with Crippen molar-refractivity contribution in [3.05, 3.63) is 71.3 Å². The lowest BCUT2D eigenvalue weighted by atomic mass is 9.87. The fourth-order valence-electron chi connectivity index (χ4n) is 5.51. The van der Waals surface area contributed by atoms with E-state index in [1.165, 1.54) is 27.3 Å². The number of hydrogen-bond acceptors (Lipinski definition) is 6. The number of nitrogens with one attached hydrogen (secondary N) is 1. The first kappa shape index (κ1) is 35.6. The summed E-state index contributed by atoms with van der Waals surface area (Å²) in [5, 5.41) is 3.18. The van der Waals surface area contributed by atoms with E-state index in [0.717, 1.165) is 30.4 Å². The molecule has 0 aliphatic heterocycles.